The molecule has 0 unspecified atom stereocenters. The minimum atomic E-state index is -2.85. The maximum atomic E-state index is 13.1. The van der Waals surface area contributed by atoms with Crippen LogP contribution in [0.25, 0.3) is 0 Å². The van der Waals surface area contributed by atoms with Crippen molar-refractivity contribution in [1.29, 1.82) is 0 Å². The zero-order valence-corrected chi connectivity index (χ0v) is 7.63. The van der Waals surface area contributed by atoms with Crippen LogP contribution in [-0.4, -0.2) is 6.54 Å². The summed E-state index contributed by atoms with van der Waals surface area (Å²) in [6, 6.07) is 1.73. The molecule has 2 N–H and O–H groups in total. The Morgan fingerprint density at radius 3 is 2.75 bits per heavy atom. The Kier molecular flexibility index (Phi) is 2.80. The molecule has 0 aliphatic heterocycles. The van der Waals surface area contributed by atoms with Crippen LogP contribution in [0.15, 0.2) is 11.4 Å². The Morgan fingerprint density at radius 2 is 2.25 bits per heavy atom. The van der Waals surface area contributed by atoms with Crippen LogP contribution in [0.5, 0.6) is 0 Å². The maximum absolute atomic E-state index is 13.1. The molecular weight excluding hydrogens is 180 g/mol. The molecule has 0 atom stereocenters. The molecule has 0 aromatic carbocycles. The predicted octanol–water partition coefficient (Wildman–Crippen LogP) is 2.36. The monoisotopic (exact) mass is 191 g/mol. The summed E-state index contributed by atoms with van der Waals surface area (Å²) in [4.78, 5) is 0.118. The second kappa shape index (κ2) is 3.49. The summed E-state index contributed by atoms with van der Waals surface area (Å²) in [6.45, 7) is 1.25. The Morgan fingerprint density at radius 1 is 1.58 bits per heavy atom. The molecule has 0 aliphatic carbocycles. The molecule has 0 saturated carbocycles. The molecule has 0 fully saturated rings. The molecule has 1 aromatic rings. The summed E-state index contributed by atoms with van der Waals surface area (Å²) in [7, 11) is 0. The third-order valence-electron chi connectivity index (χ3n) is 1.72. The van der Waals surface area contributed by atoms with Crippen LogP contribution in [0.4, 0.5) is 8.78 Å². The van der Waals surface area contributed by atoms with Gasteiger partial charge in [0.25, 0.3) is 5.92 Å². The summed E-state index contributed by atoms with van der Waals surface area (Å²) in [6.07, 6.45) is 0.633. The first-order valence-electron chi connectivity index (χ1n) is 3.76. The topological polar surface area (TPSA) is 26.0 Å². The molecule has 0 bridgehead atoms. The molecular formula is C8H11F2NS. The molecule has 0 amide bonds. The van der Waals surface area contributed by atoms with E-state index in [1.54, 1.807) is 11.4 Å². The molecule has 0 spiro atoms. The van der Waals surface area contributed by atoms with Crippen molar-refractivity contribution in [3.05, 3.63) is 21.9 Å². The molecule has 0 aliphatic rings. The first kappa shape index (κ1) is 9.61. The van der Waals surface area contributed by atoms with E-state index in [9.17, 15) is 8.78 Å². The van der Waals surface area contributed by atoms with Crippen molar-refractivity contribution in [3.63, 3.8) is 0 Å². The molecule has 12 heavy (non-hydrogen) atoms. The SMILES string of the molecule is CCc1ccsc1C(F)(F)CN. The van der Waals surface area contributed by atoms with Gasteiger partial charge in [0.1, 0.15) is 0 Å². The highest BCUT2D eigenvalue weighted by molar-refractivity contribution is 7.10. The number of aryl methyl sites for hydroxylation is 1. The van der Waals surface area contributed by atoms with Crippen molar-refractivity contribution >= 4 is 11.3 Å². The number of thiophene rings is 1. The number of hydrogen-bond acceptors (Lipinski definition) is 2. The van der Waals surface area contributed by atoms with E-state index < -0.39 is 12.5 Å². The lowest BCUT2D eigenvalue weighted by Crippen LogP contribution is -2.24. The van der Waals surface area contributed by atoms with Crippen molar-refractivity contribution in [2.45, 2.75) is 19.3 Å². The van der Waals surface area contributed by atoms with E-state index in [4.69, 9.17) is 5.73 Å². The second-order valence-corrected chi connectivity index (χ2v) is 3.45. The van der Waals surface area contributed by atoms with Crippen LogP contribution >= 0.6 is 11.3 Å². The Balaban J connectivity index is 3.00. The maximum Gasteiger partial charge on any atom is 0.294 e. The summed E-state index contributed by atoms with van der Waals surface area (Å²) < 4.78 is 26.1. The van der Waals surface area contributed by atoms with Crippen LogP contribution in [0.2, 0.25) is 0 Å². The van der Waals surface area contributed by atoms with Gasteiger partial charge in [-0.05, 0) is 23.4 Å². The summed E-state index contributed by atoms with van der Waals surface area (Å²) in [5.41, 5.74) is 5.68. The fourth-order valence-electron chi connectivity index (χ4n) is 1.03. The normalized spacial score (nSPS) is 12.0. The average Bonchev–Trinajstić information content (AvgIpc) is 2.52. The highest BCUT2D eigenvalue weighted by atomic mass is 32.1. The summed E-state index contributed by atoms with van der Waals surface area (Å²) in [5.74, 6) is -2.85. The third kappa shape index (κ3) is 1.64. The molecule has 0 radical (unpaired) electrons. The number of alkyl halides is 2. The van der Waals surface area contributed by atoms with Crippen molar-refractivity contribution in [2.75, 3.05) is 6.54 Å². The van der Waals surface area contributed by atoms with Crippen molar-refractivity contribution in [3.8, 4) is 0 Å². The summed E-state index contributed by atoms with van der Waals surface area (Å²) >= 11 is 1.08. The van der Waals surface area contributed by atoms with E-state index in [-0.39, 0.29) is 4.88 Å². The number of nitrogens with two attached hydrogens (primary N) is 1. The fraction of sp³-hybridized carbons (Fsp3) is 0.500. The zero-order chi connectivity index (χ0) is 9.19. The first-order valence-corrected chi connectivity index (χ1v) is 4.64. The van der Waals surface area contributed by atoms with Crippen LogP contribution in [0, 0.1) is 0 Å². The zero-order valence-electron chi connectivity index (χ0n) is 6.81. The fourth-order valence-corrected chi connectivity index (χ4v) is 2.02. The standard InChI is InChI=1S/C8H11F2NS/c1-2-6-3-4-12-7(6)8(9,10)5-11/h3-4H,2,5,11H2,1H3. The van der Waals surface area contributed by atoms with Crippen LogP contribution in [0.1, 0.15) is 17.4 Å². The number of halogens is 2. The molecule has 68 valence electrons. The Bertz CT molecular complexity index is 257. The highest BCUT2D eigenvalue weighted by Crippen LogP contribution is 2.33. The van der Waals surface area contributed by atoms with E-state index in [0.717, 1.165) is 11.3 Å². The molecule has 0 saturated heterocycles. The van der Waals surface area contributed by atoms with E-state index in [1.165, 1.54) is 0 Å². The highest BCUT2D eigenvalue weighted by Gasteiger charge is 2.32. The van der Waals surface area contributed by atoms with E-state index in [1.807, 2.05) is 6.92 Å². The first-order chi connectivity index (χ1) is 5.61. The molecule has 1 rings (SSSR count). The van der Waals surface area contributed by atoms with Gasteiger partial charge in [-0.25, -0.2) is 0 Å². The van der Waals surface area contributed by atoms with Gasteiger partial charge in [0, 0.05) is 0 Å². The van der Waals surface area contributed by atoms with Crippen LogP contribution < -0.4 is 5.73 Å². The van der Waals surface area contributed by atoms with E-state index in [0.29, 0.717) is 12.0 Å². The Hall–Kier alpha value is -0.480. The third-order valence-corrected chi connectivity index (χ3v) is 2.78. The van der Waals surface area contributed by atoms with Gasteiger partial charge in [0.05, 0.1) is 11.4 Å². The van der Waals surface area contributed by atoms with Crippen molar-refractivity contribution in [1.82, 2.24) is 0 Å². The van der Waals surface area contributed by atoms with Gasteiger partial charge in [0.2, 0.25) is 0 Å². The van der Waals surface area contributed by atoms with Gasteiger partial charge in [0.15, 0.2) is 0 Å². The molecule has 4 heteroatoms. The van der Waals surface area contributed by atoms with Gasteiger partial charge in [-0.2, -0.15) is 8.78 Å². The predicted molar refractivity (Wildman–Crippen MR) is 46.6 cm³/mol. The number of hydrogen-bond donors (Lipinski definition) is 1. The minimum Gasteiger partial charge on any atom is -0.325 e. The lowest BCUT2D eigenvalue weighted by atomic mass is 10.1. The van der Waals surface area contributed by atoms with Gasteiger partial charge < -0.3 is 5.73 Å². The smallest absolute Gasteiger partial charge is 0.294 e. The van der Waals surface area contributed by atoms with Crippen LogP contribution in [-0.2, 0) is 12.3 Å². The summed E-state index contributed by atoms with van der Waals surface area (Å²) in [5, 5.41) is 1.68. The Labute approximate surface area is 74.2 Å². The largest absolute Gasteiger partial charge is 0.325 e. The van der Waals surface area contributed by atoms with Crippen LogP contribution in [0.3, 0.4) is 0 Å². The van der Waals surface area contributed by atoms with Crippen molar-refractivity contribution < 1.29 is 8.78 Å². The van der Waals surface area contributed by atoms with Crippen molar-refractivity contribution in [2.24, 2.45) is 5.73 Å². The average molecular weight is 191 g/mol. The van der Waals surface area contributed by atoms with Gasteiger partial charge in [-0.3, -0.25) is 0 Å². The molecule has 1 nitrogen and oxygen atoms in total. The second-order valence-electron chi connectivity index (χ2n) is 2.54. The number of rotatable bonds is 3. The quantitative estimate of drug-likeness (QED) is 0.779. The van der Waals surface area contributed by atoms with E-state index in [2.05, 4.69) is 0 Å². The van der Waals surface area contributed by atoms with E-state index >= 15 is 0 Å². The van der Waals surface area contributed by atoms with Gasteiger partial charge in [-0.15, -0.1) is 11.3 Å². The molecule has 1 heterocycles. The minimum absolute atomic E-state index is 0.118. The lowest BCUT2D eigenvalue weighted by molar-refractivity contribution is 0.00912. The van der Waals surface area contributed by atoms with Gasteiger partial charge >= 0.3 is 0 Å². The lowest BCUT2D eigenvalue weighted by Gasteiger charge is -2.13. The van der Waals surface area contributed by atoms with Gasteiger partial charge in [-0.1, -0.05) is 6.92 Å². The molecule has 1 aromatic heterocycles.